The molecule has 2 aromatic rings. The molecule has 0 aliphatic carbocycles. The van der Waals surface area contributed by atoms with Crippen molar-refractivity contribution in [1.29, 1.82) is 0 Å². The van der Waals surface area contributed by atoms with Crippen LogP contribution in [-0.4, -0.2) is 25.7 Å². The largest absolute Gasteiger partial charge is 0.486 e. The Morgan fingerprint density at radius 1 is 1.08 bits per heavy atom. The molecule has 1 unspecified atom stereocenters. The number of hydrogen-bond donors (Lipinski definition) is 1. The lowest BCUT2D eigenvalue weighted by molar-refractivity contribution is -0.127. The zero-order valence-electron chi connectivity index (χ0n) is 15.2. The fraction of sp³-hybridized carbons (Fsp3) is 0.381. The first-order valence-electron chi connectivity index (χ1n) is 8.94. The summed E-state index contributed by atoms with van der Waals surface area (Å²) in [6.07, 6.45) is 0. The van der Waals surface area contributed by atoms with Gasteiger partial charge in [-0.05, 0) is 29.2 Å². The van der Waals surface area contributed by atoms with Crippen LogP contribution in [0.25, 0.3) is 0 Å². The maximum atomic E-state index is 12.3. The minimum absolute atomic E-state index is 0.0304. The van der Waals surface area contributed by atoms with Crippen molar-refractivity contribution in [3.63, 3.8) is 0 Å². The van der Waals surface area contributed by atoms with Crippen LogP contribution in [0.15, 0.2) is 48.5 Å². The van der Waals surface area contributed by atoms with E-state index in [1.807, 2.05) is 48.5 Å². The van der Waals surface area contributed by atoms with Crippen LogP contribution in [-0.2, 0) is 16.1 Å². The zero-order valence-corrected chi connectivity index (χ0v) is 15.2. The Kier molecular flexibility index (Phi) is 6.12. The molecule has 1 heterocycles. The van der Waals surface area contributed by atoms with E-state index in [2.05, 4.69) is 19.2 Å². The van der Waals surface area contributed by atoms with Crippen molar-refractivity contribution in [2.45, 2.75) is 26.5 Å². The number of ether oxygens (including phenoxy) is 3. The molecule has 0 bridgehead atoms. The summed E-state index contributed by atoms with van der Waals surface area (Å²) in [5, 5.41) is 3.07. The second-order valence-corrected chi connectivity index (χ2v) is 6.67. The van der Waals surface area contributed by atoms with Gasteiger partial charge in [0.05, 0.1) is 12.6 Å². The second kappa shape index (κ2) is 8.72. The molecule has 2 aromatic carbocycles. The third-order valence-corrected chi connectivity index (χ3v) is 4.25. The number of fused-ring (bicyclic) bond motifs is 1. The molecule has 26 heavy (non-hydrogen) atoms. The highest BCUT2D eigenvalue weighted by Gasteiger charge is 2.21. The van der Waals surface area contributed by atoms with Crippen LogP contribution in [0.4, 0.5) is 0 Å². The van der Waals surface area contributed by atoms with E-state index >= 15 is 0 Å². The van der Waals surface area contributed by atoms with Gasteiger partial charge in [0.25, 0.3) is 0 Å². The minimum atomic E-state index is -0.130. The summed E-state index contributed by atoms with van der Waals surface area (Å²) in [4.78, 5) is 12.3. The Balaban J connectivity index is 1.58. The lowest BCUT2D eigenvalue weighted by atomic mass is 9.95. The Bertz CT molecular complexity index is 730. The Morgan fingerprint density at radius 2 is 1.81 bits per heavy atom. The Hall–Kier alpha value is -2.53. The maximum Gasteiger partial charge on any atom is 0.246 e. The fourth-order valence-electron chi connectivity index (χ4n) is 2.94. The van der Waals surface area contributed by atoms with E-state index in [1.54, 1.807) is 0 Å². The first-order valence-corrected chi connectivity index (χ1v) is 8.94. The third kappa shape index (κ3) is 4.76. The molecule has 1 N–H and O–H groups in total. The van der Waals surface area contributed by atoms with Crippen molar-refractivity contribution < 1.29 is 19.0 Å². The van der Waals surface area contributed by atoms with Gasteiger partial charge < -0.3 is 19.5 Å². The minimum Gasteiger partial charge on any atom is -0.486 e. The zero-order chi connectivity index (χ0) is 18.4. The lowest BCUT2D eigenvalue weighted by Gasteiger charge is -2.25. The monoisotopic (exact) mass is 355 g/mol. The number of rotatable bonds is 7. The fourth-order valence-corrected chi connectivity index (χ4v) is 2.94. The number of carbonyl (C=O) groups excluding carboxylic acids is 1. The molecule has 1 aliphatic rings. The number of hydrogen-bond acceptors (Lipinski definition) is 4. The molecule has 138 valence electrons. The van der Waals surface area contributed by atoms with Gasteiger partial charge in [-0.15, -0.1) is 0 Å². The van der Waals surface area contributed by atoms with Gasteiger partial charge in [0.2, 0.25) is 5.91 Å². The summed E-state index contributed by atoms with van der Waals surface area (Å²) in [6, 6.07) is 15.5. The predicted molar refractivity (Wildman–Crippen MR) is 99.3 cm³/mol. The van der Waals surface area contributed by atoms with Gasteiger partial charge in [-0.2, -0.15) is 0 Å². The van der Waals surface area contributed by atoms with Crippen molar-refractivity contribution in [2.24, 2.45) is 5.92 Å². The molecule has 0 saturated heterocycles. The van der Waals surface area contributed by atoms with Crippen LogP contribution in [0.3, 0.4) is 0 Å². The van der Waals surface area contributed by atoms with Crippen LogP contribution in [0, 0.1) is 5.92 Å². The van der Waals surface area contributed by atoms with E-state index in [0.29, 0.717) is 19.8 Å². The summed E-state index contributed by atoms with van der Waals surface area (Å²) in [5.41, 5.74) is 2.05. The van der Waals surface area contributed by atoms with E-state index in [-0.39, 0.29) is 24.5 Å². The van der Waals surface area contributed by atoms with Crippen molar-refractivity contribution in [1.82, 2.24) is 5.32 Å². The average molecular weight is 355 g/mol. The van der Waals surface area contributed by atoms with Gasteiger partial charge >= 0.3 is 0 Å². The van der Waals surface area contributed by atoms with Crippen LogP contribution in [0.5, 0.6) is 11.5 Å². The highest BCUT2D eigenvalue weighted by Crippen LogP contribution is 2.34. The quantitative estimate of drug-likeness (QED) is 0.826. The maximum absolute atomic E-state index is 12.3. The summed E-state index contributed by atoms with van der Waals surface area (Å²) in [6.45, 7) is 5.71. The van der Waals surface area contributed by atoms with E-state index in [4.69, 9.17) is 14.2 Å². The third-order valence-electron chi connectivity index (χ3n) is 4.25. The van der Waals surface area contributed by atoms with E-state index in [1.165, 1.54) is 0 Å². The SMILES string of the molecule is CC(C)C(NC(=O)COCc1ccccc1)c1ccc2c(c1)OCCO2. The molecule has 0 saturated carbocycles. The molecule has 3 rings (SSSR count). The van der Waals surface area contributed by atoms with E-state index in [0.717, 1.165) is 22.6 Å². The summed E-state index contributed by atoms with van der Waals surface area (Å²) in [5.74, 6) is 1.58. The molecule has 0 spiro atoms. The first-order chi connectivity index (χ1) is 12.6. The average Bonchev–Trinajstić information content (AvgIpc) is 2.66. The standard InChI is InChI=1S/C21H25NO4/c1-15(2)21(17-8-9-18-19(12-17)26-11-10-25-18)22-20(23)14-24-13-16-6-4-3-5-7-16/h3-9,12,15,21H,10-11,13-14H2,1-2H3,(H,22,23). The number of carbonyl (C=O) groups is 1. The second-order valence-electron chi connectivity index (χ2n) is 6.67. The predicted octanol–water partition coefficient (Wildman–Crippen LogP) is 3.49. The molecule has 1 aliphatic heterocycles. The van der Waals surface area contributed by atoms with Crippen LogP contribution in [0.1, 0.15) is 31.0 Å². The summed E-state index contributed by atoms with van der Waals surface area (Å²) >= 11 is 0. The lowest BCUT2D eigenvalue weighted by Crippen LogP contribution is -2.34. The smallest absolute Gasteiger partial charge is 0.246 e. The molecule has 0 fully saturated rings. The van der Waals surface area contributed by atoms with Crippen molar-refractivity contribution in [3.05, 3.63) is 59.7 Å². The Morgan fingerprint density at radius 3 is 2.54 bits per heavy atom. The van der Waals surface area contributed by atoms with E-state index in [9.17, 15) is 4.79 Å². The summed E-state index contributed by atoms with van der Waals surface area (Å²) in [7, 11) is 0. The Labute approximate surface area is 154 Å². The van der Waals surface area contributed by atoms with Gasteiger partial charge in [-0.1, -0.05) is 50.2 Å². The first kappa shape index (κ1) is 18.3. The molecule has 1 amide bonds. The molecule has 0 radical (unpaired) electrons. The normalized spacial score (nSPS) is 14.1. The molecule has 1 atom stereocenters. The molecular formula is C21H25NO4. The molecule has 5 nitrogen and oxygen atoms in total. The van der Waals surface area contributed by atoms with E-state index < -0.39 is 0 Å². The van der Waals surface area contributed by atoms with Gasteiger partial charge in [0.15, 0.2) is 11.5 Å². The van der Waals surface area contributed by atoms with Crippen molar-refractivity contribution in [3.8, 4) is 11.5 Å². The van der Waals surface area contributed by atoms with Crippen LogP contribution < -0.4 is 14.8 Å². The molecular weight excluding hydrogens is 330 g/mol. The van der Waals surface area contributed by atoms with Crippen molar-refractivity contribution >= 4 is 5.91 Å². The van der Waals surface area contributed by atoms with Crippen molar-refractivity contribution in [2.75, 3.05) is 19.8 Å². The highest BCUT2D eigenvalue weighted by molar-refractivity contribution is 5.77. The van der Waals surface area contributed by atoms with Crippen LogP contribution >= 0.6 is 0 Å². The van der Waals surface area contributed by atoms with Crippen LogP contribution in [0.2, 0.25) is 0 Å². The van der Waals surface area contributed by atoms with Gasteiger partial charge in [0, 0.05) is 0 Å². The van der Waals surface area contributed by atoms with Gasteiger partial charge in [0.1, 0.15) is 19.8 Å². The topological polar surface area (TPSA) is 56.8 Å². The summed E-state index contributed by atoms with van der Waals surface area (Å²) < 4.78 is 16.7. The highest BCUT2D eigenvalue weighted by atomic mass is 16.6. The molecule has 5 heteroatoms. The van der Waals surface area contributed by atoms with Gasteiger partial charge in [-0.3, -0.25) is 4.79 Å². The van der Waals surface area contributed by atoms with Gasteiger partial charge in [-0.25, -0.2) is 0 Å². The number of nitrogens with one attached hydrogen (secondary N) is 1. The molecule has 0 aromatic heterocycles. The number of benzene rings is 2. The number of amides is 1.